The van der Waals surface area contributed by atoms with Crippen molar-refractivity contribution in [1.82, 2.24) is 5.16 Å². The molecule has 0 bridgehead atoms. The van der Waals surface area contributed by atoms with Gasteiger partial charge in [-0.1, -0.05) is 5.16 Å². The molecule has 0 saturated heterocycles. The summed E-state index contributed by atoms with van der Waals surface area (Å²) in [7, 11) is 7.81. The summed E-state index contributed by atoms with van der Waals surface area (Å²) in [4.78, 5) is 0. The highest BCUT2D eigenvalue weighted by Gasteiger charge is 2.24. The maximum Gasteiger partial charge on any atom is 0.207 e. The second-order valence-electron chi connectivity index (χ2n) is 5.53. The monoisotopic (exact) mass is 371 g/mol. The Kier molecular flexibility index (Phi) is 5.40. The van der Waals surface area contributed by atoms with E-state index in [2.05, 4.69) is 5.16 Å². The summed E-state index contributed by atoms with van der Waals surface area (Å²) in [6.07, 6.45) is 0. The van der Waals surface area contributed by atoms with Gasteiger partial charge in [0.15, 0.2) is 17.3 Å². The van der Waals surface area contributed by atoms with Crippen LogP contribution in [0.3, 0.4) is 0 Å². The number of rotatable bonds is 7. The number of hydrogen-bond donors (Lipinski definition) is 0. The van der Waals surface area contributed by atoms with Crippen molar-refractivity contribution in [2.24, 2.45) is 0 Å². The average molecular weight is 371 g/mol. The van der Waals surface area contributed by atoms with E-state index in [0.29, 0.717) is 40.0 Å². The van der Waals surface area contributed by atoms with Gasteiger partial charge in [0.25, 0.3) is 0 Å². The molecule has 0 aliphatic rings. The van der Waals surface area contributed by atoms with Crippen LogP contribution in [0.15, 0.2) is 40.9 Å². The van der Waals surface area contributed by atoms with Crippen LogP contribution in [0.2, 0.25) is 0 Å². The molecule has 1 aromatic heterocycles. The Labute approximate surface area is 157 Å². The van der Waals surface area contributed by atoms with Gasteiger partial charge in [0, 0.05) is 11.6 Å². The summed E-state index contributed by atoms with van der Waals surface area (Å²) in [5.74, 6) is 3.22. The Bertz CT molecular complexity index is 917. The first-order chi connectivity index (χ1) is 13.2. The molecule has 0 aliphatic heterocycles. The summed E-state index contributed by atoms with van der Waals surface area (Å²) in [6, 6.07) is 11.1. The van der Waals surface area contributed by atoms with E-state index in [1.807, 2.05) is 30.3 Å². The Morgan fingerprint density at radius 3 is 1.93 bits per heavy atom. The first kappa shape index (κ1) is 18.4. The van der Waals surface area contributed by atoms with Crippen molar-refractivity contribution in [1.29, 1.82) is 0 Å². The SMILES string of the molecule is COc1ccc(-c2cc(-c3cc(OC)c(OC)c(OC)c3OC)no2)cc1. The van der Waals surface area contributed by atoms with Crippen LogP contribution in [0.25, 0.3) is 22.6 Å². The van der Waals surface area contributed by atoms with Gasteiger partial charge in [0.05, 0.1) is 41.1 Å². The third-order valence-corrected chi connectivity index (χ3v) is 4.15. The molecular weight excluding hydrogens is 350 g/mol. The van der Waals surface area contributed by atoms with Gasteiger partial charge in [0.1, 0.15) is 11.4 Å². The van der Waals surface area contributed by atoms with E-state index in [-0.39, 0.29) is 0 Å². The van der Waals surface area contributed by atoms with Crippen LogP contribution in [0, 0.1) is 0 Å². The van der Waals surface area contributed by atoms with Crippen LogP contribution in [0.5, 0.6) is 28.7 Å². The molecule has 0 fully saturated rings. The van der Waals surface area contributed by atoms with Gasteiger partial charge < -0.3 is 28.2 Å². The van der Waals surface area contributed by atoms with E-state index >= 15 is 0 Å². The molecule has 7 heteroatoms. The first-order valence-corrected chi connectivity index (χ1v) is 8.15. The van der Waals surface area contributed by atoms with Crippen molar-refractivity contribution in [3.8, 4) is 51.3 Å². The number of nitrogens with zero attached hydrogens (tertiary/aromatic N) is 1. The normalized spacial score (nSPS) is 10.4. The standard InChI is InChI=1S/C20H21NO6/c1-22-13-8-6-12(7-9-13)16-11-15(21-27-16)14-10-17(23-2)19(25-4)20(26-5)18(14)24-3/h6-11H,1-5H3. The quantitative estimate of drug-likeness (QED) is 0.620. The molecule has 0 N–H and O–H groups in total. The highest BCUT2D eigenvalue weighted by Crippen LogP contribution is 2.50. The molecule has 142 valence electrons. The molecule has 7 nitrogen and oxygen atoms in total. The van der Waals surface area contributed by atoms with Crippen molar-refractivity contribution in [3.05, 3.63) is 36.4 Å². The third-order valence-electron chi connectivity index (χ3n) is 4.15. The lowest BCUT2D eigenvalue weighted by atomic mass is 10.1. The summed E-state index contributed by atoms with van der Waals surface area (Å²) in [6.45, 7) is 0. The highest BCUT2D eigenvalue weighted by molar-refractivity contribution is 5.79. The fourth-order valence-corrected chi connectivity index (χ4v) is 2.82. The molecular formula is C20H21NO6. The Hall–Kier alpha value is -3.35. The Morgan fingerprint density at radius 1 is 0.704 bits per heavy atom. The predicted molar refractivity (Wildman–Crippen MR) is 100 cm³/mol. The molecule has 1 heterocycles. The number of ether oxygens (including phenoxy) is 5. The van der Waals surface area contributed by atoms with Gasteiger partial charge in [-0.3, -0.25) is 0 Å². The first-order valence-electron chi connectivity index (χ1n) is 8.15. The molecule has 0 radical (unpaired) electrons. The number of benzene rings is 2. The fourth-order valence-electron chi connectivity index (χ4n) is 2.82. The summed E-state index contributed by atoms with van der Waals surface area (Å²) in [5.41, 5.74) is 2.12. The molecule has 3 rings (SSSR count). The van der Waals surface area contributed by atoms with E-state index in [1.165, 1.54) is 14.2 Å². The summed E-state index contributed by atoms with van der Waals surface area (Å²) < 4.78 is 32.6. The Balaban J connectivity index is 2.09. The van der Waals surface area contributed by atoms with Gasteiger partial charge in [-0.25, -0.2) is 0 Å². The molecule has 3 aromatic rings. The summed E-state index contributed by atoms with van der Waals surface area (Å²) in [5, 5.41) is 4.18. The van der Waals surface area contributed by atoms with Crippen molar-refractivity contribution < 1.29 is 28.2 Å². The van der Waals surface area contributed by atoms with E-state index in [1.54, 1.807) is 27.4 Å². The van der Waals surface area contributed by atoms with Crippen LogP contribution in [0.4, 0.5) is 0 Å². The zero-order valence-corrected chi connectivity index (χ0v) is 15.9. The second kappa shape index (κ2) is 7.90. The highest BCUT2D eigenvalue weighted by atomic mass is 16.5. The maximum absolute atomic E-state index is 5.55. The van der Waals surface area contributed by atoms with Crippen molar-refractivity contribution in [3.63, 3.8) is 0 Å². The lowest BCUT2D eigenvalue weighted by Crippen LogP contribution is -1.99. The molecule has 2 aromatic carbocycles. The number of hydrogen-bond acceptors (Lipinski definition) is 7. The molecule has 0 unspecified atom stereocenters. The van der Waals surface area contributed by atoms with E-state index < -0.39 is 0 Å². The average Bonchev–Trinajstić information content (AvgIpc) is 3.21. The van der Waals surface area contributed by atoms with Crippen LogP contribution in [-0.2, 0) is 0 Å². The van der Waals surface area contributed by atoms with E-state index in [9.17, 15) is 0 Å². The maximum atomic E-state index is 5.55. The minimum atomic E-state index is 0.420. The van der Waals surface area contributed by atoms with E-state index in [0.717, 1.165) is 11.3 Å². The summed E-state index contributed by atoms with van der Waals surface area (Å²) >= 11 is 0. The van der Waals surface area contributed by atoms with Crippen molar-refractivity contribution in [2.45, 2.75) is 0 Å². The van der Waals surface area contributed by atoms with Gasteiger partial charge >= 0.3 is 0 Å². The number of methoxy groups -OCH3 is 5. The third kappa shape index (κ3) is 3.36. The molecule has 0 saturated carbocycles. The minimum Gasteiger partial charge on any atom is -0.497 e. The zero-order chi connectivity index (χ0) is 19.4. The van der Waals surface area contributed by atoms with Crippen LogP contribution < -0.4 is 23.7 Å². The van der Waals surface area contributed by atoms with Gasteiger partial charge in [-0.05, 0) is 30.3 Å². The molecule has 0 amide bonds. The van der Waals surface area contributed by atoms with Crippen LogP contribution in [0.1, 0.15) is 0 Å². The lowest BCUT2D eigenvalue weighted by Gasteiger charge is -2.17. The number of aromatic nitrogens is 1. The fraction of sp³-hybridized carbons (Fsp3) is 0.250. The predicted octanol–water partition coefficient (Wildman–Crippen LogP) is 4.05. The Morgan fingerprint density at radius 2 is 1.37 bits per heavy atom. The largest absolute Gasteiger partial charge is 0.497 e. The van der Waals surface area contributed by atoms with Gasteiger partial charge in [0.2, 0.25) is 11.5 Å². The molecule has 0 aliphatic carbocycles. The second-order valence-corrected chi connectivity index (χ2v) is 5.53. The van der Waals surface area contributed by atoms with Crippen molar-refractivity contribution in [2.75, 3.05) is 35.5 Å². The van der Waals surface area contributed by atoms with Crippen molar-refractivity contribution >= 4 is 0 Å². The smallest absolute Gasteiger partial charge is 0.207 e. The van der Waals surface area contributed by atoms with Crippen LogP contribution >= 0.6 is 0 Å². The van der Waals surface area contributed by atoms with Crippen LogP contribution in [-0.4, -0.2) is 40.7 Å². The van der Waals surface area contributed by atoms with Gasteiger partial charge in [-0.15, -0.1) is 0 Å². The topological polar surface area (TPSA) is 72.2 Å². The zero-order valence-electron chi connectivity index (χ0n) is 15.9. The minimum absolute atomic E-state index is 0.420. The molecule has 0 spiro atoms. The molecule has 0 atom stereocenters. The molecule has 27 heavy (non-hydrogen) atoms. The van der Waals surface area contributed by atoms with Gasteiger partial charge in [-0.2, -0.15) is 0 Å². The lowest BCUT2D eigenvalue weighted by molar-refractivity contribution is 0.306. The van der Waals surface area contributed by atoms with E-state index in [4.69, 9.17) is 28.2 Å².